The van der Waals surface area contributed by atoms with Crippen LogP contribution in [0.15, 0.2) is 0 Å². The number of thioether (sulfide) groups is 1. The fourth-order valence-corrected chi connectivity index (χ4v) is 8.90. The van der Waals surface area contributed by atoms with Gasteiger partial charge in [0.25, 0.3) is 0 Å². The third-order valence-electron chi connectivity index (χ3n) is 7.81. The Balaban J connectivity index is 1.65. The van der Waals surface area contributed by atoms with Crippen molar-refractivity contribution in [1.29, 1.82) is 0 Å². The van der Waals surface area contributed by atoms with Crippen molar-refractivity contribution < 1.29 is 24.2 Å². The SMILES string of the molecule is CCOC(=O)[C@@H]1[C@@H]2CC(C)C3(S2)C(C(=O)NC2CCCCC2)N(CCCCO)C(=O)[C@H]13. The molecule has 0 aromatic carbocycles. The summed E-state index contributed by atoms with van der Waals surface area (Å²) in [5, 5.41) is 12.5. The Morgan fingerprint density at radius 1 is 1.26 bits per heavy atom. The summed E-state index contributed by atoms with van der Waals surface area (Å²) in [7, 11) is 0. The van der Waals surface area contributed by atoms with Crippen LogP contribution < -0.4 is 5.32 Å². The number of nitrogens with one attached hydrogen (secondary N) is 1. The molecule has 3 unspecified atom stereocenters. The lowest BCUT2D eigenvalue weighted by Crippen LogP contribution is -2.57. The summed E-state index contributed by atoms with van der Waals surface area (Å²) >= 11 is 1.69. The Kier molecular flexibility index (Phi) is 6.87. The second-order valence-corrected chi connectivity index (χ2v) is 11.2. The smallest absolute Gasteiger partial charge is 0.310 e. The molecule has 2 bridgehead atoms. The number of carbonyl (C=O) groups is 3. The minimum atomic E-state index is -0.572. The molecule has 4 rings (SSSR count). The van der Waals surface area contributed by atoms with Crippen LogP contribution in [0, 0.1) is 17.8 Å². The molecule has 0 aromatic rings. The summed E-state index contributed by atoms with van der Waals surface area (Å²) in [4.78, 5) is 42.0. The first-order valence-electron chi connectivity index (χ1n) is 12.0. The molecule has 3 heterocycles. The molecule has 3 saturated heterocycles. The van der Waals surface area contributed by atoms with Gasteiger partial charge in [-0.2, -0.15) is 0 Å². The topological polar surface area (TPSA) is 95.9 Å². The first kappa shape index (κ1) is 22.9. The predicted molar refractivity (Wildman–Crippen MR) is 118 cm³/mol. The van der Waals surface area contributed by atoms with Crippen LogP contribution in [0.1, 0.15) is 65.2 Å². The number of likely N-dealkylation sites (tertiary alicyclic amines) is 1. The number of hydrogen-bond acceptors (Lipinski definition) is 6. The van der Waals surface area contributed by atoms with E-state index in [1.54, 1.807) is 23.6 Å². The van der Waals surface area contributed by atoms with E-state index in [4.69, 9.17) is 4.74 Å². The standard InChI is InChI=1S/C23H36N2O5S/c1-3-30-22(29)17-16-13-14(2)23(31-16)18(17)21(28)25(11-7-8-12-26)19(23)20(27)24-15-9-5-4-6-10-15/h14-19,26H,3-13H2,1-2H3,(H,24,27)/t14?,16-,17+,18-,19?,23?/m0/s1. The van der Waals surface area contributed by atoms with Gasteiger partial charge in [-0.15, -0.1) is 11.8 Å². The molecule has 8 heteroatoms. The molecule has 2 amide bonds. The van der Waals surface area contributed by atoms with Crippen molar-refractivity contribution in [3.8, 4) is 0 Å². The van der Waals surface area contributed by atoms with Crippen LogP contribution in [0.3, 0.4) is 0 Å². The Hall–Kier alpha value is -1.28. The molecular weight excluding hydrogens is 416 g/mol. The molecule has 1 saturated carbocycles. The number of aliphatic hydroxyl groups is 1. The highest BCUT2D eigenvalue weighted by atomic mass is 32.2. The maximum absolute atomic E-state index is 13.7. The average molecular weight is 453 g/mol. The van der Waals surface area contributed by atoms with Crippen molar-refractivity contribution >= 4 is 29.5 Å². The Morgan fingerprint density at radius 2 is 2.00 bits per heavy atom. The Labute approximate surface area is 189 Å². The summed E-state index contributed by atoms with van der Waals surface area (Å²) in [6, 6.07) is -0.388. The first-order chi connectivity index (χ1) is 15.0. The van der Waals surface area contributed by atoms with E-state index >= 15 is 0 Å². The molecule has 6 atom stereocenters. The van der Waals surface area contributed by atoms with Crippen LogP contribution >= 0.6 is 11.8 Å². The second kappa shape index (κ2) is 9.30. The van der Waals surface area contributed by atoms with Crippen LogP contribution in [0.4, 0.5) is 0 Å². The van der Waals surface area contributed by atoms with Crippen molar-refractivity contribution in [2.45, 2.75) is 87.3 Å². The van der Waals surface area contributed by atoms with Crippen molar-refractivity contribution in [2.75, 3.05) is 19.8 Å². The summed E-state index contributed by atoms with van der Waals surface area (Å²) in [5.41, 5.74) is 0. The van der Waals surface area contributed by atoms with Gasteiger partial charge in [-0.05, 0) is 44.9 Å². The number of ether oxygens (including phenoxy) is 1. The molecule has 7 nitrogen and oxygen atoms in total. The van der Waals surface area contributed by atoms with E-state index in [2.05, 4.69) is 12.2 Å². The quantitative estimate of drug-likeness (QED) is 0.433. The lowest BCUT2D eigenvalue weighted by atomic mass is 9.66. The number of amides is 2. The highest BCUT2D eigenvalue weighted by Crippen LogP contribution is 2.68. The number of carbonyl (C=O) groups excluding carboxylic acids is 3. The normalized spacial score (nSPS) is 37.2. The summed E-state index contributed by atoms with van der Waals surface area (Å²) in [6.07, 6.45) is 7.50. The van der Waals surface area contributed by atoms with E-state index in [-0.39, 0.29) is 41.6 Å². The molecular formula is C23H36N2O5S. The zero-order valence-corrected chi connectivity index (χ0v) is 19.5. The lowest BCUT2D eigenvalue weighted by molar-refractivity contribution is -0.154. The van der Waals surface area contributed by atoms with Crippen LogP contribution in [0.2, 0.25) is 0 Å². The van der Waals surface area contributed by atoms with Gasteiger partial charge in [0.1, 0.15) is 6.04 Å². The van der Waals surface area contributed by atoms with Crippen molar-refractivity contribution in [2.24, 2.45) is 17.8 Å². The maximum Gasteiger partial charge on any atom is 0.310 e. The number of rotatable bonds is 8. The average Bonchev–Trinajstić information content (AvgIpc) is 3.33. The van der Waals surface area contributed by atoms with E-state index in [0.717, 1.165) is 32.1 Å². The molecule has 4 fully saturated rings. The van der Waals surface area contributed by atoms with Gasteiger partial charge < -0.3 is 20.1 Å². The van der Waals surface area contributed by atoms with E-state index in [1.165, 1.54) is 6.42 Å². The van der Waals surface area contributed by atoms with Gasteiger partial charge in [-0.25, -0.2) is 0 Å². The number of unbranched alkanes of at least 4 members (excludes halogenated alkanes) is 1. The van der Waals surface area contributed by atoms with Gasteiger partial charge in [0, 0.05) is 24.4 Å². The molecule has 1 spiro atoms. The fraction of sp³-hybridized carbons (Fsp3) is 0.870. The zero-order valence-electron chi connectivity index (χ0n) is 18.7. The third kappa shape index (κ3) is 3.77. The van der Waals surface area contributed by atoms with E-state index in [9.17, 15) is 19.5 Å². The number of nitrogens with zero attached hydrogens (tertiary/aromatic N) is 1. The molecule has 0 aromatic heterocycles. The van der Waals surface area contributed by atoms with E-state index in [0.29, 0.717) is 26.0 Å². The maximum atomic E-state index is 13.7. The van der Waals surface area contributed by atoms with Crippen molar-refractivity contribution in [3.63, 3.8) is 0 Å². The van der Waals surface area contributed by atoms with Gasteiger partial charge in [0.15, 0.2) is 0 Å². The number of fused-ring (bicyclic) bond motifs is 1. The van der Waals surface area contributed by atoms with E-state index in [1.807, 2.05) is 0 Å². The minimum absolute atomic E-state index is 0.0348. The molecule has 31 heavy (non-hydrogen) atoms. The summed E-state index contributed by atoms with van der Waals surface area (Å²) < 4.78 is 4.79. The number of aliphatic hydroxyl groups excluding tert-OH is 1. The van der Waals surface area contributed by atoms with Crippen LogP contribution in [-0.4, -0.2) is 69.6 Å². The minimum Gasteiger partial charge on any atom is -0.466 e. The highest BCUT2D eigenvalue weighted by Gasteiger charge is 2.76. The second-order valence-electron chi connectivity index (χ2n) is 9.61. The Morgan fingerprint density at radius 3 is 2.68 bits per heavy atom. The first-order valence-corrected chi connectivity index (χ1v) is 12.9. The van der Waals surface area contributed by atoms with Crippen LogP contribution in [0.25, 0.3) is 0 Å². The summed E-state index contributed by atoms with van der Waals surface area (Å²) in [5.74, 6) is -1.23. The molecule has 2 N–H and O–H groups in total. The lowest BCUT2D eigenvalue weighted by Gasteiger charge is -2.39. The highest BCUT2D eigenvalue weighted by molar-refractivity contribution is 8.02. The Bertz CT molecular complexity index is 712. The fourth-order valence-electron chi connectivity index (χ4n) is 6.49. The largest absolute Gasteiger partial charge is 0.466 e. The van der Waals surface area contributed by atoms with Crippen LogP contribution in [-0.2, 0) is 19.1 Å². The van der Waals surface area contributed by atoms with Crippen LogP contribution in [0.5, 0.6) is 0 Å². The number of hydrogen-bond donors (Lipinski definition) is 2. The van der Waals surface area contributed by atoms with Gasteiger partial charge in [0.2, 0.25) is 11.8 Å². The van der Waals surface area contributed by atoms with Gasteiger partial charge in [0.05, 0.1) is 23.2 Å². The summed E-state index contributed by atoms with van der Waals surface area (Å²) in [6.45, 7) is 4.71. The van der Waals surface area contributed by atoms with Gasteiger partial charge in [-0.3, -0.25) is 14.4 Å². The third-order valence-corrected chi connectivity index (χ3v) is 9.89. The van der Waals surface area contributed by atoms with Crippen molar-refractivity contribution in [3.05, 3.63) is 0 Å². The molecule has 1 aliphatic carbocycles. The molecule has 174 valence electrons. The predicted octanol–water partition coefficient (Wildman–Crippen LogP) is 2.11. The molecule has 4 aliphatic rings. The van der Waals surface area contributed by atoms with Crippen molar-refractivity contribution in [1.82, 2.24) is 10.2 Å². The van der Waals surface area contributed by atoms with E-state index < -0.39 is 22.6 Å². The molecule has 3 aliphatic heterocycles. The van der Waals surface area contributed by atoms with Gasteiger partial charge >= 0.3 is 5.97 Å². The zero-order chi connectivity index (χ0) is 22.2. The number of esters is 1. The van der Waals surface area contributed by atoms with Gasteiger partial charge in [-0.1, -0.05) is 26.2 Å². The molecule has 0 radical (unpaired) electrons. The monoisotopic (exact) mass is 452 g/mol.